The maximum atomic E-state index is 12.0. The van der Waals surface area contributed by atoms with Gasteiger partial charge in [0.25, 0.3) is 0 Å². The Hall–Kier alpha value is -2.62. The van der Waals surface area contributed by atoms with Gasteiger partial charge in [0, 0.05) is 5.57 Å². The molecule has 1 N–H and O–H groups in total. The second-order valence-electron chi connectivity index (χ2n) is 5.97. The first-order valence-corrected chi connectivity index (χ1v) is 7.33. The molecule has 0 saturated carbocycles. The molecule has 0 spiro atoms. The summed E-state index contributed by atoms with van der Waals surface area (Å²) < 4.78 is 5.23. The summed E-state index contributed by atoms with van der Waals surface area (Å²) in [4.78, 5) is 24.0. The average molecular weight is 313 g/mol. The van der Waals surface area contributed by atoms with Crippen LogP contribution in [0.1, 0.15) is 33.3 Å². The molecular formula is C19H23NO3. The number of amides is 1. The Bertz CT molecular complexity index is 634. The molecule has 0 aromatic heterocycles. The zero-order valence-corrected chi connectivity index (χ0v) is 14.1. The highest BCUT2D eigenvalue weighted by molar-refractivity contribution is 6.02. The van der Waals surface area contributed by atoms with Gasteiger partial charge in [0.1, 0.15) is 5.60 Å². The van der Waals surface area contributed by atoms with Gasteiger partial charge in [-0.2, -0.15) is 0 Å². The lowest BCUT2D eigenvalue weighted by molar-refractivity contribution is -0.113. The minimum Gasteiger partial charge on any atom is -0.444 e. The van der Waals surface area contributed by atoms with Gasteiger partial charge in [0.05, 0.1) is 5.70 Å². The molecule has 23 heavy (non-hydrogen) atoms. The molecule has 4 heteroatoms. The normalized spacial score (nSPS) is 12.5. The molecule has 0 aliphatic rings. The lowest BCUT2D eigenvalue weighted by atomic mass is 10.0. The van der Waals surface area contributed by atoms with Gasteiger partial charge in [-0.1, -0.05) is 43.0 Å². The third-order valence-electron chi connectivity index (χ3n) is 2.70. The van der Waals surface area contributed by atoms with Crippen LogP contribution in [0, 0.1) is 0 Å². The lowest BCUT2D eigenvalue weighted by Gasteiger charge is -2.21. The second kappa shape index (κ2) is 8.13. The molecule has 0 bridgehead atoms. The van der Waals surface area contributed by atoms with Gasteiger partial charge in [-0.25, -0.2) is 4.79 Å². The quantitative estimate of drug-likeness (QED) is 0.653. The molecule has 1 rings (SSSR count). The van der Waals surface area contributed by atoms with E-state index in [4.69, 9.17) is 4.74 Å². The molecule has 0 radical (unpaired) electrons. The molecule has 0 aliphatic heterocycles. The smallest absolute Gasteiger partial charge is 0.412 e. The number of carbonyl (C=O) groups is 2. The van der Waals surface area contributed by atoms with Gasteiger partial charge in [0.15, 0.2) is 5.78 Å². The Balaban J connectivity index is 3.12. The van der Waals surface area contributed by atoms with Crippen molar-refractivity contribution in [1.29, 1.82) is 0 Å². The number of ketones is 1. The van der Waals surface area contributed by atoms with E-state index in [2.05, 4.69) is 11.9 Å². The number of carbonyl (C=O) groups excluding carboxylic acids is 2. The summed E-state index contributed by atoms with van der Waals surface area (Å²) in [6, 6.07) is 9.40. The number of hydrogen-bond donors (Lipinski definition) is 1. The van der Waals surface area contributed by atoms with E-state index < -0.39 is 11.7 Å². The first-order chi connectivity index (χ1) is 10.7. The van der Waals surface area contributed by atoms with Crippen LogP contribution in [-0.4, -0.2) is 17.5 Å². The van der Waals surface area contributed by atoms with E-state index in [1.165, 1.54) is 13.0 Å². The molecule has 0 saturated heterocycles. The van der Waals surface area contributed by atoms with Crippen LogP contribution < -0.4 is 5.32 Å². The van der Waals surface area contributed by atoms with E-state index in [1.807, 2.05) is 30.3 Å². The van der Waals surface area contributed by atoms with Gasteiger partial charge in [0.2, 0.25) is 0 Å². The highest BCUT2D eigenvalue weighted by Gasteiger charge is 2.19. The first kappa shape index (κ1) is 18.4. The van der Waals surface area contributed by atoms with Gasteiger partial charge < -0.3 is 4.74 Å². The van der Waals surface area contributed by atoms with E-state index >= 15 is 0 Å². The van der Waals surface area contributed by atoms with E-state index in [0.717, 1.165) is 5.56 Å². The largest absolute Gasteiger partial charge is 0.444 e. The summed E-state index contributed by atoms with van der Waals surface area (Å²) in [7, 11) is 0. The van der Waals surface area contributed by atoms with E-state index in [0.29, 0.717) is 11.3 Å². The highest BCUT2D eigenvalue weighted by Crippen LogP contribution is 2.16. The lowest BCUT2D eigenvalue weighted by Crippen LogP contribution is -2.33. The number of alkyl carbamates (subject to hydrolysis) is 1. The molecule has 0 aliphatic carbocycles. The van der Waals surface area contributed by atoms with Crippen LogP contribution in [0.3, 0.4) is 0 Å². The van der Waals surface area contributed by atoms with Crippen LogP contribution in [0.2, 0.25) is 0 Å². The molecule has 122 valence electrons. The van der Waals surface area contributed by atoms with Gasteiger partial charge in [-0.05, 0) is 45.4 Å². The van der Waals surface area contributed by atoms with Crippen molar-refractivity contribution in [2.24, 2.45) is 0 Å². The first-order valence-electron chi connectivity index (χ1n) is 7.33. The Morgan fingerprint density at radius 3 is 2.26 bits per heavy atom. The molecule has 0 unspecified atom stereocenters. The summed E-state index contributed by atoms with van der Waals surface area (Å²) >= 11 is 0. The maximum Gasteiger partial charge on any atom is 0.412 e. The minimum atomic E-state index is -0.622. The number of Topliss-reactive ketones (excluding diaryl/α,β-unsaturated/α-hetero) is 1. The zero-order chi connectivity index (χ0) is 17.5. The van der Waals surface area contributed by atoms with Crippen molar-refractivity contribution in [1.82, 2.24) is 5.32 Å². The Morgan fingerprint density at radius 1 is 1.17 bits per heavy atom. The number of hydrogen-bond acceptors (Lipinski definition) is 3. The summed E-state index contributed by atoms with van der Waals surface area (Å²) in [5.41, 5.74) is 0.967. The fourth-order valence-corrected chi connectivity index (χ4v) is 1.82. The summed E-state index contributed by atoms with van der Waals surface area (Å²) in [5, 5.41) is 2.62. The summed E-state index contributed by atoms with van der Waals surface area (Å²) in [5.74, 6) is -0.169. The topological polar surface area (TPSA) is 55.4 Å². The molecule has 1 aromatic rings. The van der Waals surface area contributed by atoms with E-state index in [1.54, 1.807) is 32.9 Å². The van der Waals surface area contributed by atoms with Crippen molar-refractivity contribution in [3.63, 3.8) is 0 Å². The number of benzene rings is 1. The Kier molecular flexibility index (Phi) is 6.51. The fourth-order valence-electron chi connectivity index (χ4n) is 1.82. The molecule has 4 nitrogen and oxygen atoms in total. The predicted octanol–water partition coefficient (Wildman–Crippen LogP) is 4.25. The average Bonchev–Trinajstić information content (AvgIpc) is 2.43. The van der Waals surface area contributed by atoms with Crippen molar-refractivity contribution in [2.75, 3.05) is 0 Å². The third-order valence-corrected chi connectivity index (χ3v) is 2.70. The van der Waals surface area contributed by atoms with Gasteiger partial charge >= 0.3 is 6.09 Å². The van der Waals surface area contributed by atoms with Crippen molar-refractivity contribution >= 4 is 18.0 Å². The monoisotopic (exact) mass is 313 g/mol. The van der Waals surface area contributed by atoms with Gasteiger partial charge in [-0.15, -0.1) is 0 Å². The third kappa shape index (κ3) is 6.78. The molecule has 0 atom stereocenters. The van der Waals surface area contributed by atoms with Crippen molar-refractivity contribution in [3.05, 3.63) is 65.9 Å². The number of nitrogens with one attached hydrogen (secondary N) is 1. The Morgan fingerprint density at radius 2 is 1.78 bits per heavy atom. The molecule has 1 aromatic carbocycles. The van der Waals surface area contributed by atoms with Crippen LogP contribution in [-0.2, 0) is 9.53 Å². The van der Waals surface area contributed by atoms with E-state index in [9.17, 15) is 9.59 Å². The minimum absolute atomic E-state index is 0.169. The fraction of sp³-hybridized carbons (Fsp3) is 0.263. The van der Waals surface area contributed by atoms with Crippen LogP contribution >= 0.6 is 0 Å². The van der Waals surface area contributed by atoms with E-state index in [-0.39, 0.29) is 5.78 Å². The predicted molar refractivity (Wildman–Crippen MR) is 92.7 cm³/mol. The highest BCUT2D eigenvalue weighted by atomic mass is 16.6. The number of ether oxygens (including phenoxy) is 1. The zero-order valence-electron chi connectivity index (χ0n) is 14.1. The summed E-state index contributed by atoms with van der Waals surface area (Å²) in [6.07, 6.45) is 4.18. The van der Waals surface area contributed by atoms with Gasteiger partial charge in [-0.3, -0.25) is 10.1 Å². The van der Waals surface area contributed by atoms with Crippen molar-refractivity contribution in [3.8, 4) is 0 Å². The van der Waals surface area contributed by atoms with Crippen LogP contribution in [0.4, 0.5) is 4.79 Å². The standard InChI is InChI=1S/C19H23NO3/c1-6-10-17(20-18(22)23-19(3,4)5)16(14(2)21)13-15-11-8-7-9-12-15/h6-13H,1H2,2-5H3,(H,20,22)/b16-13-,17-10+. The summed E-state index contributed by atoms with van der Waals surface area (Å²) in [6.45, 7) is 10.4. The molecule has 1 amide bonds. The number of allylic oxidation sites excluding steroid dienone is 3. The molecule has 0 heterocycles. The van der Waals surface area contributed by atoms with Crippen LogP contribution in [0.15, 0.2) is 60.3 Å². The molecular weight excluding hydrogens is 290 g/mol. The van der Waals surface area contributed by atoms with Crippen LogP contribution in [0.5, 0.6) is 0 Å². The van der Waals surface area contributed by atoms with Crippen molar-refractivity contribution < 1.29 is 14.3 Å². The molecule has 0 fully saturated rings. The maximum absolute atomic E-state index is 12.0. The SMILES string of the molecule is C=C/C=C(NC(=O)OC(C)(C)C)\C(=C/c1ccccc1)C(C)=O. The van der Waals surface area contributed by atoms with Crippen molar-refractivity contribution in [2.45, 2.75) is 33.3 Å². The van der Waals surface area contributed by atoms with Crippen LogP contribution in [0.25, 0.3) is 6.08 Å². The Labute approximate surface area is 137 Å². The number of rotatable bonds is 5. The second-order valence-corrected chi connectivity index (χ2v) is 5.97.